The van der Waals surface area contributed by atoms with Gasteiger partial charge in [0.2, 0.25) is 0 Å². The van der Waals surface area contributed by atoms with Gasteiger partial charge in [-0.25, -0.2) is 0 Å². The minimum Gasteiger partial charge on any atom is -0.423 e. The van der Waals surface area contributed by atoms with Crippen molar-refractivity contribution in [3.63, 3.8) is 0 Å². The first-order valence-corrected chi connectivity index (χ1v) is 5.59. The molecule has 0 amide bonds. The lowest BCUT2D eigenvalue weighted by molar-refractivity contribution is 0.147. The SMILES string of the molecule is CC(C)(C)O[SiH3].CNc1ccccc1. The van der Waals surface area contributed by atoms with E-state index in [1.54, 1.807) is 0 Å². The second-order valence-electron chi connectivity index (χ2n) is 3.93. The van der Waals surface area contributed by atoms with Gasteiger partial charge in [-0.05, 0) is 32.9 Å². The third kappa shape index (κ3) is 7.83. The summed E-state index contributed by atoms with van der Waals surface area (Å²) in [7, 11) is 2.76. The number of hydrogen-bond acceptors (Lipinski definition) is 2. The predicted molar refractivity (Wildman–Crippen MR) is 66.8 cm³/mol. The van der Waals surface area contributed by atoms with Gasteiger partial charge in [0.25, 0.3) is 0 Å². The van der Waals surface area contributed by atoms with E-state index in [9.17, 15) is 0 Å². The monoisotopic (exact) mass is 211 g/mol. The quantitative estimate of drug-likeness (QED) is 0.715. The van der Waals surface area contributed by atoms with Crippen molar-refractivity contribution in [1.29, 1.82) is 0 Å². The summed E-state index contributed by atoms with van der Waals surface area (Å²) in [4.78, 5) is 0. The molecule has 80 valence electrons. The summed E-state index contributed by atoms with van der Waals surface area (Å²) in [6, 6.07) is 10.1. The molecule has 0 unspecified atom stereocenters. The van der Waals surface area contributed by atoms with Crippen molar-refractivity contribution in [3.8, 4) is 0 Å². The topological polar surface area (TPSA) is 21.3 Å². The first-order valence-electron chi connectivity index (χ1n) is 4.77. The lowest BCUT2D eigenvalue weighted by Crippen LogP contribution is -2.16. The highest BCUT2D eigenvalue weighted by atomic mass is 28.2. The fourth-order valence-corrected chi connectivity index (χ4v) is 0.605. The summed E-state index contributed by atoms with van der Waals surface area (Å²) < 4.78 is 5.08. The molecule has 1 N–H and O–H groups in total. The number of benzene rings is 1. The normalized spacial score (nSPS) is 10.3. The summed E-state index contributed by atoms with van der Waals surface area (Å²) >= 11 is 0. The van der Waals surface area contributed by atoms with E-state index >= 15 is 0 Å². The average molecular weight is 211 g/mol. The number of para-hydroxylation sites is 1. The molecule has 0 atom stereocenters. The van der Waals surface area contributed by atoms with E-state index < -0.39 is 0 Å². The average Bonchev–Trinajstić information content (AvgIpc) is 2.19. The molecule has 0 saturated carbocycles. The highest BCUT2D eigenvalue weighted by Crippen LogP contribution is 2.02. The first-order chi connectivity index (χ1) is 6.49. The zero-order valence-corrected chi connectivity index (χ0v) is 11.8. The number of nitrogens with one attached hydrogen (secondary N) is 1. The minimum absolute atomic E-state index is 0.103. The Bertz CT molecular complexity index is 231. The molecule has 1 rings (SSSR count). The van der Waals surface area contributed by atoms with E-state index in [4.69, 9.17) is 4.43 Å². The van der Waals surface area contributed by atoms with Gasteiger partial charge in [0.05, 0.1) is 0 Å². The van der Waals surface area contributed by atoms with E-state index in [1.165, 1.54) is 0 Å². The van der Waals surface area contributed by atoms with Gasteiger partial charge >= 0.3 is 0 Å². The largest absolute Gasteiger partial charge is 0.423 e. The Morgan fingerprint density at radius 1 is 1.14 bits per heavy atom. The Balaban J connectivity index is 0.000000255. The fraction of sp³-hybridized carbons (Fsp3) is 0.455. The smallest absolute Gasteiger partial charge is 0.146 e. The molecular formula is C11H21NOSi. The molecule has 2 nitrogen and oxygen atoms in total. The van der Waals surface area contributed by atoms with Gasteiger partial charge in [-0.15, -0.1) is 0 Å². The number of hydrogen-bond donors (Lipinski definition) is 1. The molecule has 0 aliphatic carbocycles. The summed E-state index contributed by atoms with van der Waals surface area (Å²) in [6.45, 7) is 6.17. The van der Waals surface area contributed by atoms with E-state index in [-0.39, 0.29) is 5.60 Å². The molecule has 0 aromatic heterocycles. The molecule has 0 aliphatic heterocycles. The third-order valence-corrected chi connectivity index (χ3v) is 2.90. The molecule has 1 aromatic carbocycles. The maximum Gasteiger partial charge on any atom is 0.146 e. The molecule has 0 aliphatic rings. The maximum atomic E-state index is 5.08. The van der Waals surface area contributed by atoms with Crippen LogP contribution in [-0.2, 0) is 4.43 Å². The summed E-state index contributed by atoms with van der Waals surface area (Å²) in [5, 5.41) is 3.03. The van der Waals surface area contributed by atoms with Crippen molar-refractivity contribution in [1.82, 2.24) is 0 Å². The van der Waals surface area contributed by atoms with Crippen LogP contribution in [0.15, 0.2) is 30.3 Å². The van der Waals surface area contributed by atoms with Gasteiger partial charge in [0, 0.05) is 18.3 Å². The van der Waals surface area contributed by atoms with Crippen LogP contribution in [0.25, 0.3) is 0 Å². The van der Waals surface area contributed by atoms with Crippen molar-refractivity contribution >= 4 is 16.2 Å². The van der Waals surface area contributed by atoms with Gasteiger partial charge in [-0.3, -0.25) is 0 Å². The molecule has 0 heterocycles. The van der Waals surface area contributed by atoms with Gasteiger partial charge < -0.3 is 9.74 Å². The number of rotatable bonds is 1. The Morgan fingerprint density at radius 2 is 1.57 bits per heavy atom. The zero-order valence-electron chi connectivity index (χ0n) is 9.79. The summed E-state index contributed by atoms with van der Waals surface area (Å²) in [5.41, 5.74) is 1.26. The van der Waals surface area contributed by atoms with Crippen LogP contribution in [0, 0.1) is 0 Å². The van der Waals surface area contributed by atoms with Crippen molar-refractivity contribution < 1.29 is 4.43 Å². The van der Waals surface area contributed by atoms with Crippen LogP contribution in [0.1, 0.15) is 20.8 Å². The van der Waals surface area contributed by atoms with Gasteiger partial charge in [-0.1, -0.05) is 18.2 Å². The minimum atomic E-state index is 0.103. The van der Waals surface area contributed by atoms with Crippen molar-refractivity contribution in [3.05, 3.63) is 30.3 Å². The Kier molecular flexibility index (Phi) is 6.24. The molecule has 0 saturated heterocycles. The highest BCUT2D eigenvalue weighted by Gasteiger charge is 2.03. The van der Waals surface area contributed by atoms with Crippen LogP contribution in [0.3, 0.4) is 0 Å². The van der Waals surface area contributed by atoms with Crippen LogP contribution >= 0.6 is 0 Å². The van der Waals surface area contributed by atoms with E-state index in [0.717, 1.165) is 16.2 Å². The Labute approximate surface area is 90.2 Å². The maximum absolute atomic E-state index is 5.08. The Hall–Kier alpha value is -0.803. The molecule has 0 fully saturated rings. The van der Waals surface area contributed by atoms with Crippen LogP contribution in [0.4, 0.5) is 5.69 Å². The van der Waals surface area contributed by atoms with Crippen LogP contribution in [-0.4, -0.2) is 23.1 Å². The first kappa shape index (κ1) is 13.2. The van der Waals surface area contributed by atoms with Crippen molar-refractivity contribution in [2.45, 2.75) is 26.4 Å². The van der Waals surface area contributed by atoms with Gasteiger partial charge in [0.15, 0.2) is 0 Å². The zero-order chi connectivity index (χ0) is 11.0. The molecule has 0 bridgehead atoms. The van der Waals surface area contributed by atoms with Gasteiger partial charge in [0.1, 0.15) is 10.5 Å². The fourth-order valence-electron chi connectivity index (χ4n) is 0.605. The molecule has 14 heavy (non-hydrogen) atoms. The van der Waals surface area contributed by atoms with Crippen molar-refractivity contribution in [2.24, 2.45) is 0 Å². The second-order valence-corrected chi connectivity index (χ2v) is 4.34. The molecular weight excluding hydrogens is 190 g/mol. The standard InChI is InChI=1S/C7H9N.C4H12OSi/c1-8-7-5-3-2-4-6-7;1-4(2,3)5-6/h2-6,8H,1H3;1-3,6H3. The van der Waals surface area contributed by atoms with E-state index in [2.05, 4.69) is 26.1 Å². The Morgan fingerprint density at radius 3 is 1.79 bits per heavy atom. The highest BCUT2D eigenvalue weighted by molar-refractivity contribution is 5.98. The molecule has 3 heteroatoms. The van der Waals surface area contributed by atoms with E-state index in [0.29, 0.717) is 0 Å². The van der Waals surface area contributed by atoms with Crippen LogP contribution < -0.4 is 5.32 Å². The van der Waals surface area contributed by atoms with Crippen LogP contribution in [0.2, 0.25) is 0 Å². The third-order valence-electron chi connectivity index (χ3n) is 1.67. The number of anilines is 1. The summed E-state index contributed by atoms with van der Waals surface area (Å²) in [5.74, 6) is 0. The molecule has 0 radical (unpaired) electrons. The van der Waals surface area contributed by atoms with Crippen molar-refractivity contribution in [2.75, 3.05) is 12.4 Å². The lowest BCUT2D eigenvalue weighted by atomic mass is 10.2. The van der Waals surface area contributed by atoms with Gasteiger partial charge in [-0.2, -0.15) is 0 Å². The predicted octanol–water partition coefficient (Wildman–Crippen LogP) is 1.81. The second kappa shape index (κ2) is 6.62. The van der Waals surface area contributed by atoms with E-state index in [1.807, 2.05) is 37.4 Å². The molecule has 0 spiro atoms. The molecule has 1 aromatic rings. The summed E-state index contributed by atoms with van der Waals surface area (Å²) in [6.07, 6.45) is 0. The lowest BCUT2D eigenvalue weighted by Gasteiger charge is -2.15. The van der Waals surface area contributed by atoms with Crippen LogP contribution in [0.5, 0.6) is 0 Å².